The number of fused-ring (bicyclic) bond motifs is 7. The molecule has 0 atom stereocenters. The molecule has 1 aliphatic carbocycles. The molecule has 0 heteroatoms. The molecule has 0 unspecified atom stereocenters. The maximum absolute atomic E-state index is 2.37. The van der Waals surface area contributed by atoms with Crippen LogP contribution >= 0.6 is 0 Å². The lowest BCUT2D eigenvalue weighted by molar-refractivity contribution is 1.73. The quantitative estimate of drug-likeness (QED) is 0.271. The van der Waals surface area contributed by atoms with Gasteiger partial charge in [0.25, 0.3) is 0 Å². The van der Waals surface area contributed by atoms with Gasteiger partial charge in [0.15, 0.2) is 0 Å². The molecular formula is C24H14. The predicted octanol–water partition coefficient (Wildman–Crippen LogP) is 6.79. The molecule has 24 heavy (non-hydrogen) atoms. The van der Waals surface area contributed by atoms with Crippen LogP contribution < -0.4 is 0 Å². The molecule has 0 saturated heterocycles. The first-order chi connectivity index (χ1) is 11.9. The Bertz CT molecular complexity index is 1290. The normalized spacial score (nSPS) is 12.2. The fraction of sp³-hybridized carbons (Fsp3) is 0. The van der Waals surface area contributed by atoms with Gasteiger partial charge in [-0.3, -0.25) is 0 Å². The average Bonchev–Trinajstić information content (AvgIpc) is 2.98. The molecule has 0 nitrogen and oxygen atoms in total. The van der Waals surface area contributed by atoms with Crippen LogP contribution in [0.15, 0.2) is 84.9 Å². The van der Waals surface area contributed by atoms with E-state index in [9.17, 15) is 0 Å². The van der Waals surface area contributed by atoms with Crippen molar-refractivity contribution in [3.8, 4) is 22.3 Å². The molecule has 1 aliphatic rings. The molecule has 0 aromatic heterocycles. The van der Waals surface area contributed by atoms with E-state index in [1.54, 1.807) is 0 Å². The van der Waals surface area contributed by atoms with E-state index in [2.05, 4.69) is 84.9 Å². The molecule has 5 aromatic carbocycles. The first-order valence-electron chi connectivity index (χ1n) is 8.39. The maximum Gasteiger partial charge on any atom is -0.00197 e. The Balaban J connectivity index is 1.92. The van der Waals surface area contributed by atoms with E-state index < -0.39 is 0 Å². The highest BCUT2D eigenvalue weighted by Crippen LogP contribution is 2.51. The van der Waals surface area contributed by atoms with Crippen molar-refractivity contribution in [1.29, 1.82) is 0 Å². The van der Waals surface area contributed by atoms with Crippen LogP contribution in [0, 0.1) is 0 Å². The van der Waals surface area contributed by atoms with Gasteiger partial charge in [-0.05, 0) is 60.6 Å². The molecule has 0 N–H and O–H groups in total. The molecule has 0 fully saturated rings. The van der Waals surface area contributed by atoms with E-state index in [1.165, 1.54) is 54.6 Å². The van der Waals surface area contributed by atoms with Gasteiger partial charge in [0, 0.05) is 0 Å². The minimum absolute atomic E-state index is 1.31. The molecular weight excluding hydrogens is 288 g/mol. The first kappa shape index (κ1) is 12.3. The topological polar surface area (TPSA) is 0 Å². The Hall–Kier alpha value is -3.12. The average molecular weight is 302 g/mol. The van der Waals surface area contributed by atoms with Crippen molar-refractivity contribution >= 4 is 32.3 Å². The molecule has 0 amide bonds. The van der Waals surface area contributed by atoms with E-state index >= 15 is 0 Å². The highest BCUT2D eigenvalue weighted by molar-refractivity contribution is 6.26. The minimum atomic E-state index is 1.31. The SMILES string of the molecule is c1ccc2c3c(ccc2c1)-c1cccc2c1c-3cc1ccccc12. The van der Waals surface area contributed by atoms with Crippen molar-refractivity contribution in [3.05, 3.63) is 84.9 Å². The van der Waals surface area contributed by atoms with E-state index in [0.29, 0.717) is 0 Å². The molecule has 0 radical (unpaired) electrons. The van der Waals surface area contributed by atoms with Crippen molar-refractivity contribution in [2.45, 2.75) is 0 Å². The summed E-state index contributed by atoms with van der Waals surface area (Å²) in [7, 11) is 0. The van der Waals surface area contributed by atoms with Gasteiger partial charge >= 0.3 is 0 Å². The Morgan fingerprint density at radius 2 is 1.17 bits per heavy atom. The lowest BCUT2D eigenvalue weighted by Crippen LogP contribution is -1.81. The van der Waals surface area contributed by atoms with Crippen molar-refractivity contribution in [3.63, 3.8) is 0 Å². The number of benzene rings is 5. The number of hydrogen-bond acceptors (Lipinski definition) is 0. The third-order valence-electron chi connectivity index (χ3n) is 5.37. The monoisotopic (exact) mass is 302 g/mol. The third kappa shape index (κ3) is 1.39. The summed E-state index contributed by atoms with van der Waals surface area (Å²) in [6.07, 6.45) is 0. The standard InChI is InChI=1S/C24H14/c1-4-9-18-15(6-1)12-13-21-20-11-5-10-19-17-8-3-2-7-16(17)14-22(23(18)21)24(19)20/h1-14H. The Labute approximate surface area is 140 Å². The van der Waals surface area contributed by atoms with E-state index in [0.717, 1.165) is 0 Å². The largest absolute Gasteiger partial charge is 0.0616 e. The summed E-state index contributed by atoms with van der Waals surface area (Å²) in [5.41, 5.74) is 5.51. The molecule has 0 spiro atoms. The van der Waals surface area contributed by atoms with Crippen molar-refractivity contribution in [1.82, 2.24) is 0 Å². The Kier molecular flexibility index (Phi) is 2.18. The van der Waals surface area contributed by atoms with Gasteiger partial charge in [-0.15, -0.1) is 0 Å². The van der Waals surface area contributed by atoms with Crippen LogP contribution in [0.4, 0.5) is 0 Å². The summed E-state index contributed by atoms with van der Waals surface area (Å²) in [4.78, 5) is 0. The second-order valence-corrected chi connectivity index (χ2v) is 6.58. The smallest absolute Gasteiger partial charge is 0.00197 e. The van der Waals surface area contributed by atoms with Crippen molar-refractivity contribution in [2.24, 2.45) is 0 Å². The fourth-order valence-electron chi connectivity index (χ4n) is 4.37. The molecule has 6 rings (SSSR count). The van der Waals surface area contributed by atoms with Gasteiger partial charge in [-0.1, -0.05) is 78.9 Å². The predicted molar refractivity (Wildman–Crippen MR) is 103 cm³/mol. The summed E-state index contributed by atoms with van der Waals surface area (Å²) in [5.74, 6) is 0. The maximum atomic E-state index is 2.37. The van der Waals surface area contributed by atoms with Gasteiger partial charge < -0.3 is 0 Å². The van der Waals surface area contributed by atoms with Gasteiger partial charge in [0.05, 0.1) is 0 Å². The van der Waals surface area contributed by atoms with Crippen LogP contribution in [0.3, 0.4) is 0 Å². The first-order valence-corrected chi connectivity index (χ1v) is 8.39. The zero-order chi connectivity index (χ0) is 15.7. The Morgan fingerprint density at radius 3 is 2.08 bits per heavy atom. The lowest BCUT2D eigenvalue weighted by atomic mass is 9.95. The van der Waals surface area contributed by atoms with Crippen LogP contribution in [0.25, 0.3) is 54.6 Å². The van der Waals surface area contributed by atoms with Crippen LogP contribution in [0.2, 0.25) is 0 Å². The van der Waals surface area contributed by atoms with Crippen LogP contribution in [-0.4, -0.2) is 0 Å². The van der Waals surface area contributed by atoms with Crippen LogP contribution in [0.1, 0.15) is 0 Å². The van der Waals surface area contributed by atoms with Crippen LogP contribution in [-0.2, 0) is 0 Å². The summed E-state index contributed by atoms with van der Waals surface area (Å²) in [6, 6.07) is 31.1. The molecule has 110 valence electrons. The van der Waals surface area contributed by atoms with Gasteiger partial charge in [0.2, 0.25) is 0 Å². The van der Waals surface area contributed by atoms with Crippen molar-refractivity contribution in [2.75, 3.05) is 0 Å². The second-order valence-electron chi connectivity index (χ2n) is 6.58. The van der Waals surface area contributed by atoms with Crippen LogP contribution in [0.5, 0.6) is 0 Å². The third-order valence-corrected chi connectivity index (χ3v) is 5.37. The highest BCUT2D eigenvalue weighted by Gasteiger charge is 2.24. The van der Waals surface area contributed by atoms with Crippen molar-refractivity contribution < 1.29 is 0 Å². The zero-order valence-electron chi connectivity index (χ0n) is 13.1. The van der Waals surface area contributed by atoms with Gasteiger partial charge in [-0.2, -0.15) is 0 Å². The van der Waals surface area contributed by atoms with E-state index in [1.807, 2.05) is 0 Å². The summed E-state index contributed by atoms with van der Waals surface area (Å²) >= 11 is 0. The second kappa shape index (κ2) is 4.24. The molecule has 0 bridgehead atoms. The molecule has 0 heterocycles. The number of hydrogen-bond donors (Lipinski definition) is 0. The van der Waals surface area contributed by atoms with Gasteiger partial charge in [0.1, 0.15) is 0 Å². The highest BCUT2D eigenvalue weighted by atomic mass is 14.3. The zero-order valence-corrected chi connectivity index (χ0v) is 13.1. The van der Waals surface area contributed by atoms with E-state index in [4.69, 9.17) is 0 Å². The number of rotatable bonds is 0. The summed E-state index contributed by atoms with van der Waals surface area (Å²) in [5, 5.41) is 8.09. The summed E-state index contributed by atoms with van der Waals surface area (Å²) < 4.78 is 0. The minimum Gasteiger partial charge on any atom is -0.0616 e. The fourth-order valence-corrected chi connectivity index (χ4v) is 4.37. The Morgan fingerprint density at radius 1 is 0.417 bits per heavy atom. The molecule has 0 saturated carbocycles. The van der Waals surface area contributed by atoms with Gasteiger partial charge in [-0.25, -0.2) is 0 Å². The molecule has 0 aliphatic heterocycles. The summed E-state index contributed by atoms with van der Waals surface area (Å²) in [6.45, 7) is 0. The van der Waals surface area contributed by atoms with E-state index in [-0.39, 0.29) is 0 Å². The molecule has 5 aromatic rings. The lowest BCUT2D eigenvalue weighted by Gasteiger charge is -2.09.